The molecule has 104 valence electrons. The number of thiocarbonyl (C=S) groups is 1. The first-order chi connectivity index (χ1) is 8.38. The van der Waals surface area contributed by atoms with Crippen molar-refractivity contribution < 1.29 is 9.59 Å². The Kier molecular flexibility index (Phi) is 8.23. The van der Waals surface area contributed by atoms with Crippen LogP contribution in [0.15, 0.2) is 0 Å². The molecule has 0 aromatic rings. The van der Waals surface area contributed by atoms with Gasteiger partial charge < -0.3 is 21.3 Å². The van der Waals surface area contributed by atoms with E-state index in [-0.39, 0.29) is 11.5 Å². The lowest BCUT2D eigenvalue weighted by molar-refractivity contribution is -0.139. The Labute approximate surface area is 113 Å². The summed E-state index contributed by atoms with van der Waals surface area (Å²) in [6.07, 6.45) is 1.04. The zero-order valence-corrected chi connectivity index (χ0v) is 12.0. The fourth-order valence-electron chi connectivity index (χ4n) is 1.21. The van der Waals surface area contributed by atoms with E-state index in [1.54, 1.807) is 0 Å². The normalized spacial score (nSPS) is 12.0. The average Bonchev–Trinajstić information content (AvgIpc) is 2.34. The van der Waals surface area contributed by atoms with Gasteiger partial charge in [-0.25, -0.2) is 0 Å². The van der Waals surface area contributed by atoms with E-state index >= 15 is 0 Å². The zero-order valence-electron chi connectivity index (χ0n) is 11.2. The van der Waals surface area contributed by atoms with Gasteiger partial charge in [0.15, 0.2) is 0 Å². The number of nitrogens with one attached hydrogen (secondary N) is 2. The van der Waals surface area contributed by atoms with Gasteiger partial charge in [-0.2, -0.15) is 0 Å². The van der Waals surface area contributed by atoms with Crippen LogP contribution in [0.4, 0.5) is 0 Å². The molecule has 18 heavy (non-hydrogen) atoms. The fourth-order valence-corrected chi connectivity index (χ4v) is 1.28. The minimum atomic E-state index is -0.714. The molecule has 4 N–H and O–H groups in total. The van der Waals surface area contributed by atoms with Crippen molar-refractivity contribution in [3.63, 3.8) is 0 Å². The Balaban J connectivity index is 3.83. The molecule has 7 heteroatoms. The lowest BCUT2D eigenvalue weighted by Gasteiger charge is -2.23. The number of rotatable bonds is 7. The average molecular weight is 274 g/mol. The number of likely N-dealkylation sites (N-methyl/N-ethyl adjacent to an activating group) is 1. The number of nitrogens with two attached hydrogens (primary N) is 1. The van der Waals surface area contributed by atoms with Crippen molar-refractivity contribution in [2.24, 2.45) is 5.73 Å². The van der Waals surface area contributed by atoms with Crippen molar-refractivity contribution in [3.8, 4) is 0 Å². The van der Waals surface area contributed by atoms with E-state index in [4.69, 9.17) is 5.73 Å². The largest absolute Gasteiger partial charge is 0.392 e. The molecule has 0 aromatic carbocycles. The molecule has 1 atom stereocenters. The summed E-state index contributed by atoms with van der Waals surface area (Å²) in [5.74, 6) is -1.38. The van der Waals surface area contributed by atoms with Gasteiger partial charge in [0.1, 0.15) is 0 Å². The Bertz CT molecular complexity index is 309. The summed E-state index contributed by atoms with van der Waals surface area (Å²) in [6, 6.07) is 0.449. The highest BCUT2D eigenvalue weighted by molar-refractivity contribution is 7.80. The minimum Gasteiger partial charge on any atom is -0.392 e. The third-order valence-electron chi connectivity index (χ3n) is 2.72. The van der Waals surface area contributed by atoms with Crippen molar-refractivity contribution in [3.05, 3.63) is 0 Å². The highest BCUT2D eigenvalue weighted by Gasteiger charge is 2.13. The predicted molar refractivity (Wildman–Crippen MR) is 75.2 cm³/mol. The van der Waals surface area contributed by atoms with E-state index in [1.807, 2.05) is 7.05 Å². The molecule has 0 radical (unpaired) electrons. The molecule has 0 saturated carbocycles. The quantitative estimate of drug-likeness (QED) is 0.419. The predicted octanol–water partition coefficient (Wildman–Crippen LogP) is -0.765. The van der Waals surface area contributed by atoms with E-state index < -0.39 is 11.8 Å². The second-order valence-electron chi connectivity index (χ2n) is 4.14. The van der Waals surface area contributed by atoms with Gasteiger partial charge in [0.2, 0.25) is 0 Å². The third kappa shape index (κ3) is 7.18. The Morgan fingerprint density at radius 3 is 2.39 bits per heavy atom. The van der Waals surface area contributed by atoms with Crippen molar-refractivity contribution in [2.45, 2.75) is 26.3 Å². The summed E-state index contributed by atoms with van der Waals surface area (Å²) in [4.78, 5) is 24.9. The van der Waals surface area contributed by atoms with E-state index in [0.29, 0.717) is 19.1 Å². The van der Waals surface area contributed by atoms with E-state index in [9.17, 15) is 9.59 Å². The van der Waals surface area contributed by atoms with E-state index in [0.717, 1.165) is 6.42 Å². The van der Waals surface area contributed by atoms with Crippen LogP contribution in [-0.2, 0) is 9.59 Å². The van der Waals surface area contributed by atoms with Crippen LogP contribution in [0.1, 0.15) is 20.3 Å². The highest BCUT2D eigenvalue weighted by atomic mass is 32.1. The number of nitrogens with zero attached hydrogens (tertiary/aromatic N) is 1. The molecule has 0 heterocycles. The van der Waals surface area contributed by atoms with Gasteiger partial charge in [-0.15, -0.1) is 0 Å². The topological polar surface area (TPSA) is 87.5 Å². The van der Waals surface area contributed by atoms with Crippen LogP contribution in [0.3, 0.4) is 0 Å². The number of carbonyl (C=O) groups is 2. The number of carbonyl (C=O) groups excluding carboxylic acids is 2. The van der Waals surface area contributed by atoms with Gasteiger partial charge in [0.25, 0.3) is 0 Å². The molecule has 0 saturated heterocycles. The number of hydrogen-bond acceptors (Lipinski definition) is 4. The lowest BCUT2D eigenvalue weighted by Crippen LogP contribution is -2.45. The maximum absolute atomic E-state index is 11.4. The van der Waals surface area contributed by atoms with Crippen molar-refractivity contribution in [1.82, 2.24) is 15.5 Å². The van der Waals surface area contributed by atoms with Crippen LogP contribution in [-0.4, -0.2) is 54.4 Å². The van der Waals surface area contributed by atoms with Crippen LogP contribution in [0.2, 0.25) is 0 Å². The van der Waals surface area contributed by atoms with Crippen LogP contribution in [0.5, 0.6) is 0 Å². The molecule has 0 fully saturated rings. The first-order valence-corrected chi connectivity index (χ1v) is 6.33. The molecule has 2 amide bonds. The summed E-state index contributed by atoms with van der Waals surface area (Å²) < 4.78 is 0. The minimum absolute atomic E-state index is 0.0361. The maximum Gasteiger partial charge on any atom is 0.309 e. The molecule has 0 bridgehead atoms. The molecule has 6 nitrogen and oxygen atoms in total. The fraction of sp³-hybridized carbons (Fsp3) is 0.727. The molecule has 0 aliphatic rings. The van der Waals surface area contributed by atoms with E-state index in [1.165, 1.54) is 0 Å². The first kappa shape index (κ1) is 16.8. The summed E-state index contributed by atoms with van der Waals surface area (Å²) in [5, 5.41) is 4.86. The molecule has 0 spiro atoms. The smallest absolute Gasteiger partial charge is 0.309 e. The van der Waals surface area contributed by atoms with Crippen LogP contribution < -0.4 is 16.4 Å². The molecule has 0 aliphatic carbocycles. The van der Waals surface area contributed by atoms with Gasteiger partial charge >= 0.3 is 11.8 Å². The molecule has 1 unspecified atom stereocenters. The molecule has 0 aromatic heterocycles. The first-order valence-electron chi connectivity index (χ1n) is 5.93. The summed E-state index contributed by atoms with van der Waals surface area (Å²) >= 11 is 4.59. The zero-order chi connectivity index (χ0) is 14.1. The van der Waals surface area contributed by atoms with Crippen LogP contribution in [0, 0.1) is 0 Å². The van der Waals surface area contributed by atoms with Gasteiger partial charge in [-0.05, 0) is 20.4 Å². The van der Waals surface area contributed by atoms with Gasteiger partial charge in [0, 0.05) is 19.1 Å². The second kappa shape index (κ2) is 8.82. The molecule has 0 rings (SSSR count). The maximum atomic E-state index is 11.4. The number of hydrogen-bond donors (Lipinski definition) is 3. The highest BCUT2D eigenvalue weighted by Crippen LogP contribution is 1.97. The second-order valence-corrected chi connectivity index (χ2v) is 4.67. The molecular formula is C11H22N4O2S. The summed E-state index contributed by atoms with van der Waals surface area (Å²) in [5.41, 5.74) is 5.21. The van der Waals surface area contributed by atoms with Gasteiger partial charge in [0.05, 0.1) is 11.5 Å². The summed E-state index contributed by atoms with van der Waals surface area (Å²) in [7, 11) is 1.98. The monoisotopic (exact) mass is 274 g/mol. The van der Waals surface area contributed by atoms with Crippen LogP contribution in [0.25, 0.3) is 0 Å². The molecular weight excluding hydrogens is 252 g/mol. The Morgan fingerprint density at radius 1 is 1.33 bits per heavy atom. The van der Waals surface area contributed by atoms with E-state index in [2.05, 4.69) is 41.6 Å². The Hall–Kier alpha value is -1.21. The van der Waals surface area contributed by atoms with Gasteiger partial charge in [-0.1, -0.05) is 19.1 Å². The van der Waals surface area contributed by atoms with Gasteiger partial charge in [-0.3, -0.25) is 9.59 Å². The molecule has 0 aliphatic heterocycles. The Morgan fingerprint density at radius 2 is 1.89 bits per heavy atom. The summed E-state index contributed by atoms with van der Waals surface area (Å²) in [6.45, 7) is 5.37. The number of amides is 2. The lowest BCUT2D eigenvalue weighted by atomic mass is 10.2. The van der Waals surface area contributed by atoms with Crippen molar-refractivity contribution in [2.75, 3.05) is 26.7 Å². The van der Waals surface area contributed by atoms with Crippen molar-refractivity contribution in [1.29, 1.82) is 0 Å². The standard InChI is InChI=1S/C11H22N4O2S/c1-4-8(2)15(3)6-5-13-10(16)11(17)14-7-9(12)18/h8H,4-7H2,1-3H3,(H2,12,18)(H,13,16)(H,14,17). The van der Waals surface area contributed by atoms with Crippen molar-refractivity contribution >= 4 is 29.0 Å². The SMILES string of the molecule is CCC(C)N(C)CCNC(=O)C(=O)NCC(N)=S. The van der Waals surface area contributed by atoms with Crippen LogP contribution >= 0.6 is 12.2 Å². The third-order valence-corrected chi connectivity index (χ3v) is 2.87.